The Labute approximate surface area is 164 Å². The van der Waals surface area contributed by atoms with Crippen LogP contribution in [0.5, 0.6) is 0 Å². The average molecular weight is 396 g/mol. The summed E-state index contributed by atoms with van der Waals surface area (Å²) in [5.74, 6) is -2.70. The van der Waals surface area contributed by atoms with Crippen LogP contribution >= 0.6 is 0 Å². The van der Waals surface area contributed by atoms with E-state index in [1.807, 2.05) is 0 Å². The lowest BCUT2D eigenvalue weighted by Crippen LogP contribution is -2.40. The first kappa shape index (κ1) is 18.7. The van der Waals surface area contributed by atoms with Crippen molar-refractivity contribution in [2.24, 2.45) is 4.99 Å². The van der Waals surface area contributed by atoms with Gasteiger partial charge in [0.2, 0.25) is 5.90 Å². The number of nitrogens with zero attached hydrogens (tertiary/aromatic N) is 2. The molecule has 3 aromatic rings. The summed E-state index contributed by atoms with van der Waals surface area (Å²) in [5.41, 5.74) is 0.381. The molecule has 146 valence electrons. The van der Waals surface area contributed by atoms with Gasteiger partial charge >= 0.3 is 0 Å². The Balaban J connectivity index is 1.75. The van der Waals surface area contributed by atoms with Gasteiger partial charge in [0.05, 0.1) is 0 Å². The standard InChI is InChI=1S/C22H15F3N2O2/c23-15-9-11-16(12-10-15)27(22(28)14-5-2-1-3-6-14)19-13-29-21(26-19)20-17(24)7-4-8-18(20)25/h1-12,19H,13H2. The highest BCUT2D eigenvalue weighted by molar-refractivity contribution is 6.07. The first-order valence-corrected chi connectivity index (χ1v) is 8.84. The lowest BCUT2D eigenvalue weighted by molar-refractivity contribution is 0.0972. The van der Waals surface area contributed by atoms with Gasteiger partial charge in [-0.2, -0.15) is 0 Å². The Morgan fingerprint density at radius 1 is 0.897 bits per heavy atom. The minimum absolute atomic E-state index is 0.0982. The number of benzene rings is 3. The lowest BCUT2D eigenvalue weighted by atomic mass is 10.1. The Morgan fingerprint density at radius 3 is 2.21 bits per heavy atom. The molecule has 4 nitrogen and oxygen atoms in total. The zero-order valence-corrected chi connectivity index (χ0v) is 15.1. The highest BCUT2D eigenvalue weighted by Crippen LogP contribution is 2.26. The van der Waals surface area contributed by atoms with E-state index in [2.05, 4.69) is 4.99 Å². The van der Waals surface area contributed by atoms with Crippen LogP contribution in [0, 0.1) is 17.5 Å². The van der Waals surface area contributed by atoms with Crippen molar-refractivity contribution < 1.29 is 22.7 Å². The molecule has 0 aliphatic carbocycles. The van der Waals surface area contributed by atoms with E-state index in [1.165, 1.54) is 35.2 Å². The summed E-state index contributed by atoms with van der Waals surface area (Å²) in [6, 6.07) is 17.2. The smallest absolute Gasteiger partial charge is 0.260 e. The molecule has 0 fully saturated rings. The monoisotopic (exact) mass is 396 g/mol. The van der Waals surface area contributed by atoms with E-state index in [0.29, 0.717) is 11.3 Å². The number of aliphatic imine (C=N–C) groups is 1. The molecule has 0 saturated carbocycles. The molecule has 1 atom stereocenters. The fourth-order valence-electron chi connectivity index (χ4n) is 3.08. The van der Waals surface area contributed by atoms with Crippen LogP contribution in [0.15, 0.2) is 77.8 Å². The summed E-state index contributed by atoms with van der Waals surface area (Å²) in [7, 11) is 0. The summed E-state index contributed by atoms with van der Waals surface area (Å²) < 4.78 is 47.0. The van der Waals surface area contributed by atoms with E-state index in [9.17, 15) is 18.0 Å². The Morgan fingerprint density at radius 2 is 1.55 bits per heavy atom. The molecule has 0 spiro atoms. The van der Waals surface area contributed by atoms with Gasteiger partial charge in [0.25, 0.3) is 5.91 Å². The minimum Gasteiger partial charge on any atom is -0.473 e. The molecule has 0 N–H and O–H groups in total. The number of anilines is 1. The zero-order chi connectivity index (χ0) is 20.4. The third-order valence-electron chi connectivity index (χ3n) is 4.45. The van der Waals surface area contributed by atoms with E-state index < -0.39 is 29.5 Å². The van der Waals surface area contributed by atoms with Gasteiger partial charge < -0.3 is 4.74 Å². The lowest BCUT2D eigenvalue weighted by Gasteiger charge is -2.26. The van der Waals surface area contributed by atoms with Crippen LogP contribution in [0.3, 0.4) is 0 Å². The van der Waals surface area contributed by atoms with Crippen LogP contribution in [-0.2, 0) is 4.74 Å². The first-order valence-electron chi connectivity index (χ1n) is 8.84. The van der Waals surface area contributed by atoms with E-state index in [4.69, 9.17) is 4.74 Å². The molecular formula is C22H15F3N2O2. The maximum absolute atomic E-state index is 14.1. The normalized spacial score (nSPS) is 15.6. The van der Waals surface area contributed by atoms with E-state index >= 15 is 0 Å². The largest absolute Gasteiger partial charge is 0.473 e. The number of hydrogen-bond acceptors (Lipinski definition) is 3. The Hall–Kier alpha value is -3.61. The van der Waals surface area contributed by atoms with Crippen molar-refractivity contribution in [3.63, 3.8) is 0 Å². The third kappa shape index (κ3) is 3.71. The summed E-state index contributed by atoms with van der Waals surface area (Å²) in [5, 5.41) is 0. The van der Waals surface area contributed by atoms with Gasteiger partial charge in [-0.3, -0.25) is 9.69 Å². The van der Waals surface area contributed by atoms with Crippen LogP contribution < -0.4 is 4.90 Å². The van der Waals surface area contributed by atoms with Crippen molar-refractivity contribution in [3.05, 3.63) is 101 Å². The van der Waals surface area contributed by atoms with Gasteiger partial charge in [0.15, 0.2) is 6.17 Å². The minimum atomic E-state index is -0.873. The van der Waals surface area contributed by atoms with Gasteiger partial charge in [-0.1, -0.05) is 24.3 Å². The molecule has 1 heterocycles. The molecule has 0 bridgehead atoms. The van der Waals surface area contributed by atoms with Crippen molar-refractivity contribution >= 4 is 17.5 Å². The van der Waals surface area contributed by atoms with E-state index in [-0.39, 0.29) is 18.1 Å². The van der Waals surface area contributed by atoms with Crippen LogP contribution in [-0.4, -0.2) is 24.6 Å². The predicted molar refractivity (Wildman–Crippen MR) is 102 cm³/mol. The summed E-state index contributed by atoms with van der Waals surface area (Å²) in [6.45, 7) is -0.0982. The van der Waals surface area contributed by atoms with Crippen molar-refractivity contribution in [2.75, 3.05) is 11.5 Å². The van der Waals surface area contributed by atoms with Crippen molar-refractivity contribution in [3.8, 4) is 0 Å². The van der Waals surface area contributed by atoms with Crippen LogP contribution in [0.2, 0.25) is 0 Å². The SMILES string of the molecule is O=C(c1ccccc1)N(c1ccc(F)cc1)C1COC(c2c(F)cccc2F)=N1. The van der Waals surface area contributed by atoms with Gasteiger partial charge in [0, 0.05) is 11.3 Å². The van der Waals surface area contributed by atoms with Crippen molar-refractivity contribution in [2.45, 2.75) is 6.17 Å². The second-order valence-corrected chi connectivity index (χ2v) is 6.34. The Kier molecular flexibility index (Phi) is 5.03. The van der Waals surface area contributed by atoms with Gasteiger partial charge in [-0.05, 0) is 48.5 Å². The van der Waals surface area contributed by atoms with Crippen LogP contribution in [0.25, 0.3) is 0 Å². The molecule has 7 heteroatoms. The van der Waals surface area contributed by atoms with Crippen LogP contribution in [0.1, 0.15) is 15.9 Å². The van der Waals surface area contributed by atoms with E-state index in [1.54, 1.807) is 30.3 Å². The van der Waals surface area contributed by atoms with Gasteiger partial charge in [-0.15, -0.1) is 0 Å². The molecule has 1 aliphatic heterocycles. The van der Waals surface area contributed by atoms with Crippen molar-refractivity contribution in [1.82, 2.24) is 0 Å². The molecule has 1 aliphatic rings. The maximum atomic E-state index is 14.1. The van der Waals surface area contributed by atoms with Gasteiger partial charge in [-0.25, -0.2) is 18.2 Å². The molecule has 0 aromatic heterocycles. The zero-order valence-electron chi connectivity index (χ0n) is 15.1. The average Bonchev–Trinajstić information content (AvgIpc) is 3.19. The summed E-state index contributed by atoms with van der Waals surface area (Å²) in [6.07, 6.45) is -0.873. The number of rotatable bonds is 4. The molecule has 4 rings (SSSR count). The number of carbonyl (C=O) groups excluding carboxylic acids is 1. The number of carbonyl (C=O) groups is 1. The third-order valence-corrected chi connectivity index (χ3v) is 4.45. The van der Waals surface area contributed by atoms with Crippen molar-refractivity contribution in [1.29, 1.82) is 0 Å². The topological polar surface area (TPSA) is 41.9 Å². The van der Waals surface area contributed by atoms with Gasteiger partial charge in [0.1, 0.15) is 29.6 Å². The predicted octanol–water partition coefficient (Wildman–Crippen LogP) is 4.55. The number of ether oxygens (including phenoxy) is 1. The van der Waals surface area contributed by atoms with E-state index in [0.717, 1.165) is 12.1 Å². The highest BCUT2D eigenvalue weighted by Gasteiger charge is 2.33. The summed E-state index contributed by atoms with van der Waals surface area (Å²) in [4.78, 5) is 18.7. The Bertz CT molecular complexity index is 1050. The molecule has 29 heavy (non-hydrogen) atoms. The number of halogens is 3. The fraction of sp³-hybridized carbons (Fsp3) is 0.0909. The molecular weight excluding hydrogens is 381 g/mol. The number of amides is 1. The molecule has 0 saturated heterocycles. The number of hydrogen-bond donors (Lipinski definition) is 0. The fourth-order valence-corrected chi connectivity index (χ4v) is 3.08. The second kappa shape index (κ2) is 7.79. The maximum Gasteiger partial charge on any atom is 0.260 e. The molecule has 0 radical (unpaired) electrons. The quantitative estimate of drug-likeness (QED) is 0.649. The molecule has 1 unspecified atom stereocenters. The molecule has 3 aromatic carbocycles. The second-order valence-electron chi connectivity index (χ2n) is 6.34. The highest BCUT2D eigenvalue weighted by atomic mass is 19.1. The first-order chi connectivity index (χ1) is 14.0. The van der Waals surface area contributed by atoms with Crippen LogP contribution in [0.4, 0.5) is 18.9 Å². The molecule has 1 amide bonds. The summed E-state index contributed by atoms with van der Waals surface area (Å²) >= 11 is 0.